The van der Waals surface area contributed by atoms with Gasteiger partial charge in [0.05, 0.1) is 0 Å². The van der Waals surface area contributed by atoms with Crippen LogP contribution in [0.1, 0.15) is 0 Å². The molecule has 0 fully saturated rings. The zero-order valence-corrected chi connectivity index (χ0v) is 8.57. The molecule has 0 radical (unpaired) electrons. The SMILES string of the molecule is O=CNCCSc1cccc(Cl)c1. The number of benzene rings is 1. The first-order valence-corrected chi connectivity index (χ1v) is 5.24. The van der Waals surface area contributed by atoms with Gasteiger partial charge in [0.25, 0.3) is 0 Å². The standard InChI is InChI=1S/C9H10ClNOS/c10-8-2-1-3-9(6-8)13-5-4-11-7-12/h1-3,6-7H,4-5H2,(H,11,12). The van der Waals surface area contributed by atoms with E-state index in [1.54, 1.807) is 11.8 Å². The molecule has 0 spiro atoms. The molecule has 13 heavy (non-hydrogen) atoms. The first-order chi connectivity index (χ1) is 6.33. The monoisotopic (exact) mass is 215 g/mol. The second-order valence-corrected chi connectivity index (χ2v) is 3.98. The molecule has 0 aliphatic carbocycles. The van der Waals surface area contributed by atoms with Crippen molar-refractivity contribution in [3.05, 3.63) is 29.3 Å². The lowest BCUT2D eigenvalue weighted by atomic mass is 10.4. The molecule has 0 saturated carbocycles. The van der Waals surface area contributed by atoms with Crippen LogP contribution in [0.25, 0.3) is 0 Å². The van der Waals surface area contributed by atoms with Crippen molar-refractivity contribution in [2.45, 2.75) is 4.90 Å². The van der Waals surface area contributed by atoms with E-state index in [1.807, 2.05) is 24.3 Å². The van der Waals surface area contributed by atoms with Gasteiger partial charge >= 0.3 is 0 Å². The Hall–Kier alpha value is -0.670. The lowest BCUT2D eigenvalue weighted by Gasteiger charge is -2.00. The second-order valence-electron chi connectivity index (χ2n) is 2.38. The Morgan fingerprint density at radius 3 is 3.08 bits per heavy atom. The van der Waals surface area contributed by atoms with E-state index >= 15 is 0 Å². The molecule has 1 rings (SSSR count). The molecule has 0 bridgehead atoms. The van der Waals surface area contributed by atoms with Gasteiger partial charge in [-0.1, -0.05) is 17.7 Å². The lowest BCUT2D eigenvalue weighted by molar-refractivity contribution is -0.109. The van der Waals surface area contributed by atoms with Crippen molar-refractivity contribution in [3.8, 4) is 0 Å². The quantitative estimate of drug-likeness (QED) is 0.464. The van der Waals surface area contributed by atoms with E-state index in [-0.39, 0.29) is 0 Å². The van der Waals surface area contributed by atoms with Crippen molar-refractivity contribution in [2.75, 3.05) is 12.3 Å². The Kier molecular flexibility index (Phi) is 4.72. The molecule has 0 atom stereocenters. The third-order valence-corrected chi connectivity index (χ3v) is 2.63. The van der Waals surface area contributed by atoms with Gasteiger partial charge in [-0.05, 0) is 18.2 Å². The molecular weight excluding hydrogens is 206 g/mol. The van der Waals surface area contributed by atoms with Gasteiger partial charge in [0.1, 0.15) is 0 Å². The maximum Gasteiger partial charge on any atom is 0.207 e. The van der Waals surface area contributed by atoms with E-state index in [0.29, 0.717) is 13.0 Å². The van der Waals surface area contributed by atoms with Crippen LogP contribution in [0.5, 0.6) is 0 Å². The van der Waals surface area contributed by atoms with Crippen molar-refractivity contribution < 1.29 is 4.79 Å². The topological polar surface area (TPSA) is 29.1 Å². The number of carbonyl (C=O) groups excluding carboxylic acids is 1. The van der Waals surface area contributed by atoms with Crippen molar-refractivity contribution in [2.24, 2.45) is 0 Å². The maximum atomic E-state index is 9.93. The molecule has 0 aliphatic heterocycles. The van der Waals surface area contributed by atoms with Crippen LogP contribution in [0.2, 0.25) is 5.02 Å². The Morgan fingerprint density at radius 1 is 1.54 bits per heavy atom. The molecule has 0 saturated heterocycles. The zero-order chi connectivity index (χ0) is 9.52. The number of hydrogen-bond acceptors (Lipinski definition) is 2. The zero-order valence-electron chi connectivity index (χ0n) is 7.00. The summed E-state index contributed by atoms with van der Waals surface area (Å²) >= 11 is 7.47. The van der Waals surface area contributed by atoms with Gasteiger partial charge in [0.15, 0.2) is 0 Å². The van der Waals surface area contributed by atoms with Gasteiger partial charge in [0, 0.05) is 22.2 Å². The molecule has 0 aromatic heterocycles. The number of rotatable bonds is 5. The molecule has 1 amide bonds. The summed E-state index contributed by atoms with van der Waals surface area (Å²) in [6, 6.07) is 7.66. The Bertz CT molecular complexity index is 280. The van der Waals surface area contributed by atoms with Gasteiger partial charge in [-0.25, -0.2) is 0 Å². The van der Waals surface area contributed by atoms with E-state index in [9.17, 15) is 4.79 Å². The van der Waals surface area contributed by atoms with Gasteiger partial charge < -0.3 is 5.32 Å². The largest absolute Gasteiger partial charge is 0.358 e. The minimum atomic E-state index is 0.681. The summed E-state index contributed by atoms with van der Waals surface area (Å²) < 4.78 is 0. The van der Waals surface area contributed by atoms with Crippen molar-refractivity contribution >= 4 is 29.8 Å². The van der Waals surface area contributed by atoms with Crippen LogP contribution in [-0.4, -0.2) is 18.7 Å². The lowest BCUT2D eigenvalue weighted by Crippen LogP contribution is -2.13. The number of nitrogens with one attached hydrogen (secondary N) is 1. The van der Waals surface area contributed by atoms with Crippen LogP contribution in [0.4, 0.5) is 0 Å². The van der Waals surface area contributed by atoms with Crippen LogP contribution in [0, 0.1) is 0 Å². The first-order valence-electron chi connectivity index (χ1n) is 3.88. The van der Waals surface area contributed by atoms with Gasteiger partial charge in [-0.2, -0.15) is 0 Å². The number of carbonyl (C=O) groups is 1. The van der Waals surface area contributed by atoms with Crippen molar-refractivity contribution in [1.82, 2.24) is 5.32 Å². The highest BCUT2D eigenvalue weighted by Gasteiger charge is 1.93. The van der Waals surface area contributed by atoms with E-state index in [0.717, 1.165) is 15.7 Å². The normalized spacial score (nSPS) is 9.62. The Balaban J connectivity index is 2.32. The van der Waals surface area contributed by atoms with Crippen LogP contribution in [-0.2, 0) is 4.79 Å². The van der Waals surface area contributed by atoms with Crippen LogP contribution in [0.3, 0.4) is 0 Å². The van der Waals surface area contributed by atoms with Crippen LogP contribution >= 0.6 is 23.4 Å². The fourth-order valence-corrected chi connectivity index (χ4v) is 1.94. The van der Waals surface area contributed by atoms with Gasteiger partial charge in [-0.3, -0.25) is 4.79 Å². The summed E-state index contributed by atoms with van der Waals surface area (Å²) in [7, 11) is 0. The highest BCUT2D eigenvalue weighted by Crippen LogP contribution is 2.20. The molecule has 2 nitrogen and oxygen atoms in total. The smallest absolute Gasteiger partial charge is 0.207 e. The Morgan fingerprint density at radius 2 is 2.38 bits per heavy atom. The van der Waals surface area contributed by atoms with E-state index in [2.05, 4.69) is 5.32 Å². The molecule has 1 N–H and O–H groups in total. The summed E-state index contributed by atoms with van der Waals surface area (Å²) in [5, 5.41) is 3.34. The van der Waals surface area contributed by atoms with Gasteiger partial charge in [-0.15, -0.1) is 11.8 Å². The third-order valence-electron chi connectivity index (χ3n) is 1.39. The molecule has 1 aromatic carbocycles. The van der Waals surface area contributed by atoms with Crippen LogP contribution in [0.15, 0.2) is 29.2 Å². The fraction of sp³-hybridized carbons (Fsp3) is 0.222. The number of amides is 1. The molecule has 0 aliphatic rings. The third kappa shape index (κ3) is 4.20. The predicted octanol–water partition coefficient (Wildman–Crippen LogP) is 2.18. The average molecular weight is 216 g/mol. The summed E-state index contributed by atoms with van der Waals surface area (Å²) in [6.07, 6.45) is 0.707. The summed E-state index contributed by atoms with van der Waals surface area (Å²) in [6.45, 7) is 0.681. The highest BCUT2D eigenvalue weighted by atomic mass is 35.5. The average Bonchev–Trinajstić information content (AvgIpc) is 2.13. The van der Waals surface area contributed by atoms with Crippen molar-refractivity contribution in [3.63, 3.8) is 0 Å². The summed E-state index contributed by atoms with van der Waals surface area (Å²) in [5.41, 5.74) is 0. The summed E-state index contributed by atoms with van der Waals surface area (Å²) in [4.78, 5) is 11.1. The Labute approximate surface area is 86.7 Å². The minimum Gasteiger partial charge on any atom is -0.358 e. The maximum absolute atomic E-state index is 9.93. The molecule has 0 unspecified atom stereocenters. The second kappa shape index (κ2) is 5.89. The van der Waals surface area contributed by atoms with E-state index in [4.69, 9.17) is 11.6 Å². The van der Waals surface area contributed by atoms with E-state index < -0.39 is 0 Å². The molecule has 1 aromatic rings. The summed E-state index contributed by atoms with van der Waals surface area (Å²) in [5.74, 6) is 0.860. The fourth-order valence-electron chi connectivity index (χ4n) is 0.844. The molecular formula is C9H10ClNOS. The first kappa shape index (κ1) is 10.4. The molecule has 4 heteroatoms. The predicted molar refractivity (Wildman–Crippen MR) is 56.2 cm³/mol. The number of hydrogen-bond donors (Lipinski definition) is 1. The van der Waals surface area contributed by atoms with Crippen LogP contribution < -0.4 is 5.32 Å². The van der Waals surface area contributed by atoms with Crippen molar-refractivity contribution in [1.29, 1.82) is 0 Å². The minimum absolute atomic E-state index is 0.681. The number of halogens is 1. The molecule has 0 heterocycles. The number of thioether (sulfide) groups is 1. The molecule has 70 valence electrons. The van der Waals surface area contributed by atoms with E-state index in [1.165, 1.54) is 0 Å². The van der Waals surface area contributed by atoms with Gasteiger partial charge in [0.2, 0.25) is 6.41 Å². The highest BCUT2D eigenvalue weighted by molar-refractivity contribution is 7.99.